The monoisotopic (exact) mass is 251 g/mol. The molecule has 0 saturated heterocycles. The van der Waals surface area contributed by atoms with E-state index < -0.39 is 0 Å². The normalized spacial score (nSPS) is 12.7. The maximum Gasteiger partial charge on any atom is 0.263 e. The minimum absolute atomic E-state index is 0.106. The van der Waals surface area contributed by atoms with E-state index in [-0.39, 0.29) is 17.4 Å². The zero-order valence-corrected chi connectivity index (χ0v) is 9.79. The van der Waals surface area contributed by atoms with Crippen LogP contribution in [0, 0.1) is 0 Å². The van der Waals surface area contributed by atoms with E-state index in [0.29, 0.717) is 5.56 Å². The van der Waals surface area contributed by atoms with E-state index in [2.05, 4.69) is 0 Å². The van der Waals surface area contributed by atoms with Crippen molar-refractivity contribution in [2.24, 2.45) is 0 Å². The molecule has 4 heteroatoms. The number of fused-ring (bicyclic) bond motifs is 5. The second-order valence-corrected chi connectivity index (χ2v) is 4.64. The van der Waals surface area contributed by atoms with Crippen molar-refractivity contribution in [1.29, 1.82) is 0 Å². The fraction of sp³-hybridized carbons (Fsp3) is 0. The van der Waals surface area contributed by atoms with Crippen LogP contribution >= 0.6 is 0 Å². The van der Waals surface area contributed by atoms with E-state index in [1.54, 1.807) is 34.9 Å². The van der Waals surface area contributed by atoms with Gasteiger partial charge in [-0.25, -0.2) is 0 Å². The van der Waals surface area contributed by atoms with E-state index in [4.69, 9.17) is 0 Å². The third kappa shape index (κ3) is 1.20. The van der Waals surface area contributed by atoms with Gasteiger partial charge in [-0.15, -0.1) is 0 Å². The second kappa shape index (κ2) is 3.17. The number of nitrogens with zero attached hydrogens (tertiary/aromatic N) is 1. The molecule has 1 aliphatic rings. The highest BCUT2D eigenvalue weighted by atomic mass is 16.3. The molecule has 0 unspecified atom stereocenters. The third-order valence-electron chi connectivity index (χ3n) is 3.50. The zero-order valence-electron chi connectivity index (χ0n) is 9.79. The van der Waals surface area contributed by atoms with Crippen molar-refractivity contribution in [3.05, 3.63) is 48.0 Å². The first-order chi connectivity index (χ1) is 9.15. The summed E-state index contributed by atoms with van der Waals surface area (Å²) in [7, 11) is 0. The van der Waals surface area contributed by atoms with Gasteiger partial charge >= 0.3 is 0 Å². The molecule has 1 aromatic heterocycles. The van der Waals surface area contributed by atoms with E-state index in [9.17, 15) is 15.0 Å². The molecule has 92 valence electrons. The Bertz CT molecular complexity index is 861. The minimum atomic E-state index is -0.106. The molecule has 0 saturated carbocycles. The van der Waals surface area contributed by atoms with Crippen molar-refractivity contribution < 1.29 is 15.0 Å². The molecule has 3 aromatic rings. The first-order valence-electron chi connectivity index (χ1n) is 5.88. The third-order valence-corrected chi connectivity index (χ3v) is 3.50. The quantitative estimate of drug-likeness (QED) is 0.505. The Hall–Kier alpha value is -2.75. The Morgan fingerprint density at radius 3 is 2.42 bits per heavy atom. The van der Waals surface area contributed by atoms with Gasteiger partial charge in [-0.1, -0.05) is 0 Å². The number of carbonyl (C=O) groups is 1. The largest absolute Gasteiger partial charge is 0.508 e. The molecular formula is C15H9NO3. The number of rotatable bonds is 0. The molecule has 19 heavy (non-hydrogen) atoms. The molecule has 4 nitrogen and oxygen atoms in total. The van der Waals surface area contributed by atoms with Crippen molar-refractivity contribution >= 4 is 16.8 Å². The fourth-order valence-electron chi connectivity index (χ4n) is 2.67. The Morgan fingerprint density at radius 2 is 1.58 bits per heavy atom. The highest BCUT2D eigenvalue weighted by molar-refractivity contribution is 6.14. The summed E-state index contributed by atoms with van der Waals surface area (Å²) in [4.78, 5) is 12.4. The van der Waals surface area contributed by atoms with Gasteiger partial charge in [-0.2, -0.15) is 0 Å². The summed E-state index contributed by atoms with van der Waals surface area (Å²) in [5, 5.41) is 19.9. The molecule has 2 aromatic carbocycles. The van der Waals surface area contributed by atoms with Crippen LogP contribution in [-0.4, -0.2) is 20.7 Å². The van der Waals surface area contributed by atoms with E-state index in [1.165, 1.54) is 6.07 Å². The molecule has 0 spiro atoms. The van der Waals surface area contributed by atoms with E-state index >= 15 is 0 Å². The average molecular weight is 251 g/mol. The lowest BCUT2D eigenvalue weighted by molar-refractivity contribution is 0.0973. The Kier molecular flexibility index (Phi) is 1.70. The number of phenolic OH excluding ortho intramolecular Hbond substituents is 2. The smallest absolute Gasteiger partial charge is 0.263 e. The van der Waals surface area contributed by atoms with Crippen LogP contribution in [0.1, 0.15) is 10.4 Å². The van der Waals surface area contributed by atoms with Gasteiger partial charge in [0.1, 0.15) is 11.5 Å². The lowest BCUT2D eigenvalue weighted by Gasteiger charge is -1.99. The number of hydrogen-bond acceptors (Lipinski definition) is 3. The minimum Gasteiger partial charge on any atom is -0.508 e. The van der Waals surface area contributed by atoms with Gasteiger partial charge in [0.05, 0.1) is 11.2 Å². The predicted octanol–water partition coefficient (Wildman–Crippen LogP) is 2.72. The Labute approximate surface area is 108 Å². The number of aromatic nitrogens is 1. The van der Waals surface area contributed by atoms with Crippen molar-refractivity contribution in [2.45, 2.75) is 0 Å². The lowest BCUT2D eigenvalue weighted by Crippen LogP contribution is -2.05. The summed E-state index contributed by atoms with van der Waals surface area (Å²) in [5.74, 6) is 0.194. The van der Waals surface area contributed by atoms with Gasteiger partial charge in [0, 0.05) is 16.5 Å². The number of aromatic hydroxyl groups is 2. The first-order valence-corrected chi connectivity index (χ1v) is 5.88. The standard InChI is InChI=1S/C15H9NO3/c17-9-2-4-13-8(5-9)6-14-12-7-10(18)1-3-11(12)15(19)16(13)14/h1-7,17-18H. The molecule has 4 rings (SSSR count). The molecule has 2 N–H and O–H groups in total. The summed E-state index contributed by atoms with van der Waals surface area (Å²) in [6.07, 6.45) is 0. The summed E-state index contributed by atoms with van der Waals surface area (Å²) in [5.41, 5.74) is 2.81. The Balaban J connectivity index is 2.13. The number of carbonyl (C=O) groups excluding carboxylic acids is 1. The maximum absolute atomic E-state index is 12.4. The van der Waals surface area contributed by atoms with Gasteiger partial charge < -0.3 is 10.2 Å². The molecular weight excluding hydrogens is 242 g/mol. The van der Waals surface area contributed by atoms with Crippen LogP contribution in [0.2, 0.25) is 0 Å². The van der Waals surface area contributed by atoms with Crippen LogP contribution in [-0.2, 0) is 0 Å². The van der Waals surface area contributed by atoms with E-state index in [0.717, 1.165) is 22.2 Å². The van der Waals surface area contributed by atoms with Gasteiger partial charge in [0.25, 0.3) is 5.91 Å². The second-order valence-electron chi connectivity index (χ2n) is 4.64. The van der Waals surface area contributed by atoms with Gasteiger partial charge in [-0.05, 0) is 42.5 Å². The van der Waals surface area contributed by atoms with Crippen LogP contribution in [0.4, 0.5) is 0 Å². The van der Waals surface area contributed by atoms with E-state index in [1.807, 2.05) is 6.07 Å². The van der Waals surface area contributed by atoms with Crippen LogP contribution in [0.5, 0.6) is 11.5 Å². The summed E-state index contributed by atoms with van der Waals surface area (Å²) in [6, 6.07) is 11.5. The SMILES string of the molecule is O=C1c2ccc(O)cc2-c2cc3cc(O)ccc3n21. The maximum atomic E-state index is 12.4. The molecule has 0 amide bonds. The highest BCUT2D eigenvalue weighted by Crippen LogP contribution is 2.39. The number of benzene rings is 2. The predicted molar refractivity (Wildman–Crippen MR) is 70.4 cm³/mol. The molecule has 0 bridgehead atoms. The summed E-state index contributed by atoms with van der Waals surface area (Å²) < 4.78 is 1.61. The van der Waals surface area contributed by atoms with Crippen molar-refractivity contribution in [1.82, 2.24) is 4.57 Å². The van der Waals surface area contributed by atoms with Gasteiger partial charge in [0.2, 0.25) is 0 Å². The Morgan fingerprint density at radius 1 is 0.842 bits per heavy atom. The number of phenols is 2. The molecule has 2 heterocycles. The summed E-state index contributed by atoms with van der Waals surface area (Å²) >= 11 is 0. The van der Waals surface area contributed by atoms with Crippen LogP contribution in [0.15, 0.2) is 42.5 Å². The molecule has 0 fully saturated rings. The lowest BCUT2D eigenvalue weighted by atomic mass is 10.1. The van der Waals surface area contributed by atoms with Crippen LogP contribution in [0.25, 0.3) is 22.2 Å². The highest BCUT2D eigenvalue weighted by Gasteiger charge is 2.28. The molecule has 0 radical (unpaired) electrons. The fourth-order valence-corrected chi connectivity index (χ4v) is 2.67. The average Bonchev–Trinajstić information content (AvgIpc) is 2.86. The molecule has 0 aliphatic carbocycles. The van der Waals surface area contributed by atoms with Crippen molar-refractivity contribution in [3.63, 3.8) is 0 Å². The molecule has 0 atom stereocenters. The van der Waals surface area contributed by atoms with Crippen molar-refractivity contribution in [2.75, 3.05) is 0 Å². The molecule has 1 aliphatic heterocycles. The van der Waals surface area contributed by atoms with Gasteiger partial charge in [0.15, 0.2) is 0 Å². The number of hydrogen-bond donors (Lipinski definition) is 2. The van der Waals surface area contributed by atoms with Gasteiger partial charge in [-0.3, -0.25) is 9.36 Å². The van der Waals surface area contributed by atoms with Crippen LogP contribution < -0.4 is 0 Å². The van der Waals surface area contributed by atoms with Crippen molar-refractivity contribution in [3.8, 4) is 22.8 Å². The zero-order chi connectivity index (χ0) is 13.1. The summed E-state index contributed by atoms with van der Waals surface area (Å²) in [6.45, 7) is 0. The first kappa shape index (κ1) is 10.2. The van der Waals surface area contributed by atoms with Crippen LogP contribution in [0.3, 0.4) is 0 Å². The topological polar surface area (TPSA) is 62.5 Å².